The molecule has 1 aliphatic heterocycles. The minimum Gasteiger partial charge on any atom is -0.502 e. The predicted octanol–water partition coefficient (Wildman–Crippen LogP) is 5.29. The van der Waals surface area contributed by atoms with Crippen molar-refractivity contribution in [2.75, 3.05) is 17.7 Å². The molecule has 0 spiro atoms. The number of hydrogen-bond donors (Lipinski definition) is 3. The first-order valence-electron chi connectivity index (χ1n) is 10.9. The number of fused-ring (bicyclic) bond motifs is 1. The van der Waals surface area contributed by atoms with Crippen LogP contribution in [0.15, 0.2) is 78.0 Å². The van der Waals surface area contributed by atoms with E-state index in [4.69, 9.17) is 4.74 Å². The maximum Gasteiger partial charge on any atom is 0.311 e. The van der Waals surface area contributed by atoms with E-state index in [1.165, 1.54) is 12.1 Å². The van der Waals surface area contributed by atoms with Gasteiger partial charge >= 0.3 is 5.69 Å². The third-order valence-electron chi connectivity index (χ3n) is 6.43. The number of nitrogens with zero attached hydrogens (tertiary/aromatic N) is 1. The van der Waals surface area contributed by atoms with E-state index in [1.807, 2.05) is 48.5 Å². The van der Waals surface area contributed by atoms with Gasteiger partial charge in [0.1, 0.15) is 5.75 Å². The molecule has 2 unspecified atom stereocenters. The second-order valence-corrected chi connectivity index (χ2v) is 8.45. The van der Waals surface area contributed by atoms with Crippen molar-refractivity contribution in [3.8, 4) is 11.5 Å². The van der Waals surface area contributed by atoms with Crippen LogP contribution in [0.25, 0.3) is 0 Å². The van der Waals surface area contributed by atoms with Crippen LogP contribution in [-0.2, 0) is 4.79 Å². The van der Waals surface area contributed by atoms with Crippen molar-refractivity contribution >= 4 is 22.8 Å². The molecule has 8 heteroatoms. The number of rotatable bonds is 4. The van der Waals surface area contributed by atoms with Gasteiger partial charge in [0.2, 0.25) is 0 Å². The lowest BCUT2D eigenvalue weighted by Gasteiger charge is -2.30. The SMILES string of the molecule is COc1ccc(C2CC(=O)C3=C(C2)Nc2ccccc2NC3c2ccc(O)c([N+](=O)[O-])c2)cc1. The van der Waals surface area contributed by atoms with Crippen LogP contribution in [0.2, 0.25) is 0 Å². The predicted molar refractivity (Wildman–Crippen MR) is 128 cm³/mol. The summed E-state index contributed by atoms with van der Waals surface area (Å²) < 4.78 is 5.25. The number of Topliss-reactive ketones (excluding diaryl/α,β-unsaturated/α-hetero) is 1. The summed E-state index contributed by atoms with van der Waals surface area (Å²) in [5, 5.41) is 28.2. The summed E-state index contributed by atoms with van der Waals surface area (Å²) in [5.74, 6) is 0.301. The molecule has 0 saturated carbocycles. The smallest absolute Gasteiger partial charge is 0.311 e. The van der Waals surface area contributed by atoms with Crippen LogP contribution in [-0.4, -0.2) is 22.9 Å². The topological polar surface area (TPSA) is 114 Å². The summed E-state index contributed by atoms with van der Waals surface area (Å²) in [6.07, 6.45) is 0.932. The number of methoxy groups -OCH3 is 1. The highest BCUT2D eigenvalue weighted by Crippen LogP contribution is 2.45. The zero-order valence-electron chi connectivity index (χ0n) is 18.4. The number of nitrogens with one attached hydrogen (secondary N) is 2. The van der Waals surface area contributed by atoms with E-state index in [0.717, 1.165) is 28.4 Å². The zero-order chi connectivity index (χ0) is 23.8. The largest absolute Gasteiger partial charge is 0.502 e. The summed E-state index contributed by atoms with van der Waals surface area (Å²) in [6.45, 7) is 0. The van der Waals surface area contributed by atoms with E-state index in [-0.39, 0.29) is 11.7 Å². The van der Waals surface area contributed by atoms with E-state index in [2.05, 4.69) is 10.6 Å². The number of nitro groups is 1. The Kier molecular flexibility index (Phi) is 5.41. The van der Waals surface area contributed by atoms with Gasteiger partial charge in [-0.05, 0) is 53.8 Å². The van der Waals surface area contributed by atoms with Gasteiger partial charge in [0.25, 0.3) is 0 Å². The number of allylic oxidation sites excluding steroid dienone is 1. The van der Waals surface area contributed by atoms with Gasteiger partial charge in [0.15, 0.2) is 11.5 Å². The molecule has 2 aliphatic rings. The number of nitro benzene ring substituents is 1. The van der Waals surface area contributed by atoms with Crippen molar-refractivity contribution in [3.05, 3.63) is 99.2 Å². The number of ketones is 1. The maximum absolute atomic E-state index is 13.6. The summed E-state index contributed by atoms with van der Waals surface area (Å²) in [5.41, 5.74) is 4.14. The van der Waals surface area contributed by atoms with Gasteiger partial charge in [0.05, 0.1) is 29.4 Å². The summed E-state index contributed by atoms with van der Waals surface area (Å²) in [4.78, 5) is 24.4. The minimum absolute atomic E-state index is 0.00952. The monoisotopic (exact) mass is 457 g/mol. The van der Waals surface area contributed by atoms with E-state index < -0.39 is 22.4 Å². The average Bonchev–Trinajstić information content (AvgIpc) is 3.01. The summed E-state index contributed by atoms with van der Waals surface area (Å²) in [6, 6.07) is 19.0. The highest BCUT2D eigenvalue weighted by Gasteiger charge is 2.36. The lowest BCUT2D eigenvalue weighted by molar-refractivity contribution is -0.385. The molecule has 0 saturated heterocycles. The number of benzene rings is 3. The fourth-order valence-electron chi connectivity index (χ4n) is 4.72. The van der Waals surface area contributed by atoms with Crippen molar-refractivity contribution in [2.24, 2.45) is 0 Å². The number of carbonyl (C=O) groups excluding carboxylic acids is 1. The number of para-hydroxylation sites is 2. The first kappa shape index (κ1) is 21.5. The van der Waals surface area contributed by atoms with Crippen molar-refractivity contribution in [1.29, 1.82) is 0 Å². The number of carbonyl (C=O) groups is 1. The fraction of sp³-hybridized carbons (Fsp3) is 0.192. The first-order valence-corrected chi connectivity index (χ1v) is 10.9. The van der Waals surface area contributed by atoms with Crippen molar-refractivity contribution in [3.63, 3.8) is 0 Å². The number of phenolic OH excluding ortho intramolecular Hbond substituents is 1. The highest BCUT2D eigenvalue weighted by molar-refractivity contribution is 6.01. The molecule has 2 atom stereocenters. The Hall–Kier alpha value is -4.33. The number of hydrogen-bond acceptors (Lipinski definition) is 7. The standard InChI is InChI=1S/C26H23N3O5/c1-34-18-9-6-15(7-10-18)17-12-21-25(24(31)14-17)26(28-20-5-3-2-4-19(20)27-21)16-8-11-23(30)22(13-16)29(32)33/h2-11,13,17,26-28,30H,12,14H2,1H3. The lowest BCUT2D eigenvalue weighted by atomic mass is 9.78. The van der Waals surface area contributed by atoms with Crippen molar-refractivity contribution in [1.82, 2.24) is 0 Å². The molecule has 3 N–H and O–H groups in total. The normalized spacial score (nSPS) is 19.3. The van der Waals surface area contributed by atoms with Crippen LogP contribution in [0, 0.1) is 10.1 Å². The molecule has 0 radical (unpaired) electrons. The van der Waals surface area contributed by atoms with Gasteiger partial charge in [-0.15, -0.1) is 0 Å². The minimum atomic E-state index is -0.626. The molecule has 8 nitrogen and oxygen atoms in total. The van der Waals surface area contributed by atoms with Gasteiger partial charge in [0, 0.05) is 23.8 Å². The Morgan fingerprint density at radius 2 is 1.71 bits per heavy atom. The molecule has 5 rings (SSSR count). The molecule has 3 aromatic carbocycles. The Bertz CT molecular complexity index is 1320. The lowest BCUT2D eigenvalue weighted by Crippen LogP contribution is -2.26. The zero-order valence-corrected chi connectivity index (χ0v) is 18.4. The molecule has 1 heterocycles. The van der Waals surface area contributed by atoms with E-state index in [1.54, 1.807) is 13.2 Å². The Balaban J connectivity index is 1.60. The van der Waals surface area contributed by atoms with E-state index in [9.17, 15) is 20.0 Å². The van der Waals surface area contributed by atoms with Crippen molar-refractivity contribution < 1.29 is 19.6 Å². The highest BCUT2D eigenvalue weighted by atomic mass is 16.6. The molecule has 34 heavy (non-hydrogen) atoms. The number of anilines is 2. The number of aromatic hydroxyl groups is 1. The Morgan fingerprint density at radius 3 is 2.41 bits per heavy atom. The summed E-state index contributed by atoms with van der Waals surface area (Å²) >= 11 is 0. The second-order valence-electron chi connectivity index (χ2n) is 8.45. The molecule has 1 aliphatic carbocycles. The van der Waals surface area contributed by atoms with Crippen LogP contribution in [0.4, 0.5) is 17.1 Å². The quantitative estimate of drug-likeness (QED) is 0.360. The van der Waals surface area contributed by atoms with E-state index in [0.29, 0.717) is 24.0 Å². The molecule has 0 amide bonds. The first-order chi connectivity index (χ1) is 16.4. The molecule has 0 fully saturated rings. The van der Waals surface area contributed by atoms with Crippen LogP contribution in [0.1, 0.15) is 35.9 Å². The van der Waals surface area contributed by atoms with Crippen LogP contribution in [0.5, 0.6) is 11.5 Å². The number of phenols is 1. The van der Waals surface area contributed by atoms with Crippen LogP contribution >= 0.6 is 0 Å². The molecule has 0 bridgehead atoms. The van der Waals surface area contributed by atoms with Gasteiger partial charge < -0.3 is 20.5 Å². The third kappa shape index (κ3) is 3.83. The van der Waals surface area contributed by atoms with Gasteiger partial charge in [-0.3, -0.25) is 14.9 Å². The number of ether oxygens (including phenoxy) is 1. The molecular weight excluding hydrogens is 434 g/mol. The van der Waals surface area contributed by atoms with Crippen LogP contribution < -0.4 is 15.4 Å². The Labute approximate surface area is 196 Å². The average molecular weight is 457 g/mol. The van der Waals surface area contributed by atoms with E-state index >= 15 is 0 Å². The van der Waals surface area contributed by atoms with Gasteiger partial charge in [-0.1, -0.05) is 30.3 Å². The van der Waals surface area contributed by atoms with Gasteiger partial charge in [-0.25, -0.2) is 0 Å². The summed E-state index contributed by atoms with van der Waals surface area (Å²) in [7, 11) is 1.62. The molecule has 172 valence electrons. The van der Waals surface area contributed by atoms with Crippen LogP contribution in [0.3, 0.4) is 0 Å². The molecular formula is C26H23N3O5. The third-order valence-corrected chi connectivity index (χ3v) is 6.43. The maximum atomic E-state index is 13.6. The molecule has 3 aromatic rings. The second kappa shape index (κ2) is 8.55. The molecule has 0 aromatic heterocycles. The Morgan fingerprint density at radius 1 is 1.00 bits per heavy atom. The van der Waals surface area contributed by atoms with Crippen molar-refractivity contribution in [2.45, 2.75) is 24.8 Å². The van der Waals surface area contributed by atoms with Gasteiger partial charge in [-0.2, -0.15) is 0 Å². The fourth-order valence-corrected chi connectivity index (χ4v) is 4.72.